The maximum absolute atomic E-state index is 14.8. The second-order valence-corrected chi connectivity index (χ2v) is 9.56. The summed E-state index contributed by atoms with van der Waals surface area (Å²) in [6.45, 7) is 4.33. The largest absolute Gasteiger partial charge is 0.203 e. The van der Waals surface area contributed by atoms with Gasteiger partial charge in [0, 0.05) is 0 Å². The summed E-state index contributed by atoms with van der Waals surface area (Å²) in [5.74, 6) is 1.63. The zero-order valence-corrected chi connectivity index (χ0v) is 18.6. The van der Waals surface area contributed by atoms with Crippen LogP contribution in [0.5, 0.6) is 0 Å². The van der Waals surface area contributed by atoms with E-state index in [1.807, 2.05) is 25.1 Å². The number of halogens is 2. The van der Waals surface area contributed by atoms with Crippen molar-refractivity contribution >= 4 is 0 Å². The van der Waals surface area contributed by atoms with Gasteiger partial charge in [-0.3, -0.25) is 0 Å². The Morgan fingerprint density at radius 2 is 1.48 bits per heavy atom. The van der Waals surface area contributed by atoms with Gasteiger partial charge in [0.25, 0.3) is 0 Å². The summed E-state index contributed by atoms with van der Waals surface area (Å²) in [5, 5.41) is 0. The lowest BCUT2D eigenvalue weighted by molar-refractivity contribution is 0.155. The lowest BCUT2D eigenvalue weighted by Gasteiger charge is -2.38. The molecular weight excluding hydrogens is 362 g/mol. The van der Waals surface area contributed by atoms with Crippen LogP contribution in [-0.4, -0.2) is 0 Å². The summed E-state index contributed by atoms with van der Waals surface area (Å²) in [6.07, 6.45) is 19.5. The molecule has 0 radical (unpaired) electrons. The highest BCUT2D eigenvalue weighted by Crippen LogP contribution is 2.45. The predicted octanol–water partition coefficient (Wildman–Crippen LogP) is 8.74. The summed E-state index contributed by atoms with van der Waals surface area (Å²) in [4.78, 5) is 0. The third kappa shape index (κ3) is 5.92. The van der Waals surface area contributed by atoms with Crippen molar-refractivity contribution in [3.05, 3.63) is 47.0 Å². The first kappa shape index (κ1) is 22.5. The fourth-order valence-corrected chi connectivity index (χ4v) is 5.80. The molecule has 0 aromatic heterocycles. The van der Waals surface area contributed by atoms with Gasteiger partial charge >= 0.3 is 0 Å². The SMILES string of the molecule is CC/C=C\Cc1ccc(C2CCC(C3CCC(CCCC)CC3)CC2)c(F)c1F. The zero-order valence-electron chi connectivity index (χ0n) is 18.6. The standard InChI is InChI=1S/C27H40F2/c1-3-5-7-9-24-18-19-25(27(29)26(24)28)23-16-14-22(15-17-23)21-12-10-20(11-13-21)8-6-4-2/h5,7,18-23H,3-4,6,8-17H2,1-2H3/b7-5-. The molecule has 3 rings (SSSR count). The smallest absolute Gasteiger partial charge is 0.162 e. The number of rotatable bonds is 8. The van der Waals surface area contributed by atoms with E-state index in [4.69, 9.17) is 0 Å². The summed E-state index contributed by atoms with van der Waals surface area (Å²) < 4.78 is 29.3. The van der Waals surface area contributed by atoms with E-state index in [2.05, 4.69) is 6.92 Å². The van der Waals surface area contributed by atoms with Crippen LogP contribution < -0.4 is 0 Å². The number of hydrogen-bond donors (Lipinski definition) is 0. The monoisotopic (exact) mass is 402 g/mol. The maximum atomic E-state index is 14.8. The van der Waals surface area contributed by atoms with E-state index in [0.29, 0.717) is 17.5 Å². The first-order chi connectivity index (χ1) is 14.1. The highest BCUT2D eigenvalue weighted by atomic mass is 19.2. The quantitative estimate of drug-likeness (QED) is 0.381. The highest BCUT2D eigenvalue weighted by molar-refractivity contribution is 5.30. The van der Waals surface area contributed by atoms with Crippen molar-refractivity contribution in [2.45, 2.75) is 103 Å². The van der Waals surface area contributed by atoms with E-state index in [-0.39, 0.29) is 5.92 Å². The molecule has 2 fully saturated rings. The second kappa shape index (κ2) is 11.3. The van der Waals surface area contributed by atoms with E-state index in [9.17, 15) is 8.78 Å². The Hall–Kier alpha value is -1.18. The fourth-order valence-electron chi connectivity index (χ4n) is 5.80. The Morgan fingerprint density at radius 3 is 2.10 bits per heavy atom. The second-order valence-electron chi connectivity index (χ2n) is 9.56. The van der Waals surface area contributed by atoms with Gasteiger partial charge in [-0.1, -0.05) is 70.2 Å². The van der Waals surface area contributed by atoms with E-state index >= 15 is 0 Å². The van der Waals surface area contributed by atoms with Crippen LogP contribution in [0.15, 0.2) is 24.3 Å². The fraction of sp³-hybridized carbons (Fsp3) is 0.704. The van der Waals surface area contributed by atoms with Crippen molar-refractivity contribution in [1.29, 1.82) is 0 Å². The molecule has 1 aromatic carbocycles. The Kier molecular flexibility index (Phi) is 8.75. The van der Waals surface area contributed by atoms with Crippen LogP contribution in [0.2, 0.25) is 0 Å². The van der Waals surface area contributed by atoms with Crippen LogP contribution in [0.25, 0.3) is 0 Å². The minimum Gasteiger partial charge on any atom is -0.203 e. The minimum atomic E-state index is -0.629. The number of benzene rings is 1. The zero-order chi connectivity index (χ0) is 20.6. The topological polar surface area (TPSA) is 0 Å². The van der Waals surface area contributed by atoms with Crippen LogP contribution in [-0.2, 0) is 6.42 Å². The van der Waals surface area contributed by atoms with Crippen molar-refractivity contribution < 1.29 is 8.78 Å². The lowest BCUT2D eigenvalue weighted by Crippen LogP contribution is -2.25. The molecule has 0 bridgehead atoms. The van der Waals surface area contributed by atoms with E-state index in [0.717, 1.165) is 37.0 Å². The average molecular weight is 403 g/mol. The molecule has 2 heteroatoms. The van der Waals surface area contributed by atoms with Crippen molar-refractivity contribution in [3.63, 3.8) is 0 Å². The third-order valence-corrected chi connectivity index (χ3v) is 7.67. The van der Waals surface area contributed by atoms with Crippen molar-refractivity contribution in [2.24, 2.45) is 17.8 Å². The molecule has 0 aliphatic heterocycles. The van der Waals surface area contributed by atoms with Gasteiger partial charge in [0.2, 0.25) is 0 Å². The summed E-state index contributed by atoms with van der Waals surface area (Å²) in [6, 6.07) is 3.66. The average Bonchev–Trinajstić information content (AvgIpc) is 2.76. The number of hydrogen-bond acceptors (Lipinski definition) is 0. The molecule has 0 nitrogen and oxygen atoms in total. The Morgan fingerprint density at radius 1 is 0.828 bits per heavy atom. The third-order valence-electron chi connectivity index (χ3n) is 7.67. The van der Waals surface area contributed by atoms with E-state index < -0.39 is 11.6 Å². The molecule has 0 heterocycles. The molecule has 0 unspecified atom stereocenters. The number of unbranched alkanes of at least 4 members (excludes halogenated alkanes) is 1. The maximum Gasteiger partial charge on any atom is 0.162 e. The Bertz CT molecular complexity index is 647. The van der Waals surface area contributed by atoms with Gasteiger partial charge in [-0.15, -0.1) is 0 Å². The van der Waals surface area contributed by atoms with E-state index in [1.165, 1.54) is 57.8 Å². The van der Waals surface area contributed by atoms with Gasteiger partial charge in [-0.25, -0.2) is 8.78 Å². The van der Waals surface area contributed by atoms with Crippen LogP contribution in [0.4, 0.5) is 8.78 Å². The van der Waals surface area contributed by atoms with Crippen LogP contribution in [0.3, 0.4) is 0 Å². The number of allylic oxidation sites excluding steroid dienone is 2. The molecule has 0 spiro atoms. The minimum absolute atomic E-state index is 0.196. The summed E-state index contributed by atoms with van der Waals surface area (Å²) in [7, 11) is 0. The van der Waals surface area contributed by atoms with Crippen LogP contribution in [0, 0.1) is 29.4 Å². The molecule has 0 N–H and O–H groups in total. The lowest BCUT2D eigenvalue weighted by atomic mass is 9.68. The molecule has 29 heavy (non-hydrogen) atoms. The van der Waals surface area contributed by atoms with Gasteiger partial charge < -0.3 is 0 Å². The van der Waals surface area contributed by atoms with Crippen molar-refractivity contribution in [1.82, 2.24) is 0 Å². The van der Waals surface area contributed by atoms with Gasteiger partial charge in [0.05, 0.1) is 0 Å². The molecule has 1 aromatic rings. The summed E-state index contributed by atoms with van der Waals surface area (Å²) in [5.41, 5.74) is 1.09. The molecule has 0 amide bonds. The first-order valence-electron chi connectivity index (χ1n) is 12.3. The van der Waals surface area contributed by atoms with Gasteiger partial charge in [-0.2, -0.15) is 0 Å². The van der Waals surface area contributed by atoms with Gasteiger partial charge in [0.15, 0.2) is 11.6 Å². The predicted molar refractivity (Wildman–Crippen MR) is 119 cm³/mol. The van der Waals surface area contributed by atoms with Crippen LogP contribution in [0.1, 0.15) is 108 Å². The molecule has 2 aliphatic rings. The normalized spacial score (nSPS) is 28.1. The van der Waals surface area contributed by atoms with Crippen molar-refractivity contribution in [2.75, 3.05) is 0 Å². The summed E-state index contributed by atoms with van der Waals surface area (Å²) >= 11 is 0. The van der Waals surface area contributed by atoms with Crippen LogP contribution >= 0.6 is 0 Å². The Labute approximate surface area is 177 Å². The molecular formula is C27H40F2. The van der Waals surface area contributed by atoms with Crippen molar-refractivity contribution in [3.8, 4) is 0 Å². The molecule has 2 aliphatic carbocycles. The van der Waals surface area contributed by atoms with E-state index in [1.54, 1.807) is 6.07 Å². The van der Waals surface area contributed by atoms with Gasteiger partial charge in [-0.05, 0) is 86.2 Å². The molecule has 2 saturated carbocycles. The highest BCUT2D eigenvalue weighted by Gasteiger charge is 2.32. The van der Waals surface area contributed by atoms with Gasteiger partial charge in [0.1, 0.15) is 0 Å². The molecule has 0 atom stereocenters. The Balaban J connectivity index is 1.52. The first-order valence-corrected chi connectivity index (χ1v) is 12.3. The molecule has 162 valence electrons. The molecule has 0 saturated heterocycles.